The summed E-state index contributed by atoms with van der Waals surface area (Å²) in [6.45, 7) is 1.89. The zero-order valence-corrected chi connectivity index (χ0v) is 8.84. The quantitative estimate of drug-likeness (QED) is 0.743. The Bertz CT molecular complexity index is 551. The summed E-state index contributed by atoms with van der Waals surface area (Å²) in [6, 6.07) is 5.20. The Morgan fingerprint density at radius 3 is 2.75 bits per heavy atom. The molecule has 1 aromatic carbocycles. The van der Waals surface area contributed by atoms with Crippen molar-refractivity contribution in [2.75, 3.05) is 5.73 Å². The van der Waals surface area contributed by atoms with Crippen LogP contribution in [0.4, 0.5) is 5.82 Å². The Kier molecular flexibility index (Phi) is 2.70. The molecule has 0 amide bonds. The van der Waals surface area contributed by atoms with Gasteiger partial charge in [-0.3, -0.25) is 0 Å². The SMILES string of the molecule is C/C=C/c1nc2cc(ON)ccc2nc1N. The van der Waals surface area contributed by atoms with Crippen LogP contribution in [0.3, 0.4) is 0 Å². The molecule has 4 N–H and O–H groups in total. The molecule has 0 aliphatic carbocycles. The van der Waals surface area contributed by atoms with Gasteiger partial charge in [-0.2, -0.15) is 5.90 Å². The number of fused-ring (bicyclic) bond motifs is 1. The van der Waals surface area contributed by atoms with Crippen LogP contribution >= 0.6 is 0 Å². The van der Waals surface area contributed by atoms with Gasteiger partial charge in [0, 0.05) is 6.07 Å². The van der Waals surface area contributed by atoms with Crippen LogP contribution in [0.5, 0.6) is 5.75 Å². The fourth-order valence-corrected chi connectivity index (χ4v) is 1.42. The van der Waals surface area contributed by atoms with E-state index in [1.54, 1.807) is 24.3 Å². The number of nitrogens with zero attached hydrogens (tertiary/aromatic N) is 2. The van der Waals surface area contributed by atoms with Crippen LogP contribution in [0.2, 0.25) is 0 Å². The van der Waals surface area contributed by atoms with Crippen molar-refractivity contribution in [1.29, 1.82) is 0 Å². The molecule has 0 saturated carbocycles. The van der Waals surface area contributed by atoms with Gasteiger partial charge in [0.15, 0.2) is 0 Å². The smallest absolute Gasteiger partial charge is 0.150 e. The van der Waals surface area contributed by atoms with E-state index in [0.29, 0.717) is 28.3 Å². The van der Waals surface area contributed by atoms with Gasteiger partial charge < -0.3 is 10.6 Å². The van der Waals surface area contributed by atoms with E-state index in [-0.39, 0.29) is 0 Å². The van der Waals surface area contributed by atoms with E-state index in [2.05, 4.69) is 14.8 Å². The first-order valence-corrected chi connectivity index (χ1v) is 4.81. The average Bonchev–Trinajstić information content (AvgIpc) is 2.30. The van der Waals surface area contributed by atoms with Gasteiger partial charge in [0.2, 0.25) is 0 Å². The first-order valence-electron chi connectivity index (χ1n) is 4.81. The Balaban J connectivity index is 2.65. The third-order valence-corrected chi connectivity index (χ3v) is 2.15. The minimum Gasteiger partial charge on any atom is -0.411 e. The standard InChI is InChI=1S/C11H12N4O/c1-2-3-9-11(12)15-8-5-4-7(16-13)6-10(8)14-9/h2-6H,13H2,1H3,(H2,12,15)/b3-2+. The molecular weight excluding hydrogens is 204 g/mol. The minimum absolute atomic E-state index is 0.409. The highest BCUT2D eigenvalue weighted by Gasteiger charge is 2.04. The number of anilines is 1. The predicted molar refractivity (Wildman–Crippen MR) is 63.5 cm³/mol. The topological polar surface area (TPSA) is 87.0 Å². The summed E-state index contributed by atoms with van der Waals surface area (Å²) in [5.74, 6) is 6.03. The molecule has 0 spiro atoms. The summed E-state index contributed by atoms with van der Waals surface area (Å²) < 4.78 is 0. The lowest BCUT2D eigenvalue weighted by atomic mass is 10.2. The van der Waals surface area contributed by atoms with Crippen LogP contribution in [-0.2, 0) is 0 Å². The lowest BCUT2D eigenvalue weighted by Gasteiger charge is -2.04. The predicted octanol–water partition coefficient (Wildman–Crippen LogP) is 1.50. The number of rotatable bonds is 2. The maximum absolute atomic E-state index is 5.76. The first-order chi connectivity index (χ1) is 7.74. The third-order valence-electron chi connectivity index (χ3n) is 2.15. The van der Waals surface area contributed by atoms with Gasteiger partial charge in [-0.05, 0) is 25.1 Å². The van der Waals surface area contributed by atoms with Gasteiger partial charge in [-0.25, -0.2) is 9.97 Å². The van der Waals surface area contributed by atoms with Crippen molar-refractivity contribution in [3.05, 3.63) is 30.0 Å². The molecule has 1 aromatic heterocycles. The van der Waals surface area contributed by atoms with Gasteiger partial charge in [0.1, 0.15) is 17.3 Å². The molecule has 0 fully saturated rings. The molecule has 0 radical (unpaired) electrons. The molecule has 82 valence electrons. The van der Waals surface area contributed by atoms with E-state index >= 15 is 0 Å². The molecule has 16 heavy (non-hydrogen) atoms. The summed E-state index contributed by atoms with van der Waals surface area (Å²) in [4.78, 5) is 13.2. The second kappa shape index (κ2) is 4.16. The van der Waals surface area contributed by atoms with Gasteiger partial charge in [-0.1, -0.05) is 6.08 Å². The van der Waals surface area contributed by atoms with Gasteiger partial charge in [0.25, 0.3) is 0 Å². The summed E-state index contributed by atoms with van der Waals surface area (Å²) >= 11 is 0. The van der Waals surface area contributed by atoms with E-state index in [1.807, 2.05) is 13.0 Å². The number of hydrogen-bond acceptors (Lipinski definition) is 5. The monoisotopic (exact) mass is 216 g/mol. The van der Waals surface area contributed by atoms with Crippen molar-refractivity contribution in [2.45, 2.75) is 6.92 Å². The molecule has 5 heteroatoms. The summed E-state index contributed by atoms with van der Waals surface area (Å²) in [6.07, 6.45) is 3.66. The maximum atomic E-state index is 5.76. The molecule has 0 aliphatic heterocycles. The molecule has 2 aromatic rings. The van der Waals surface area contributed by atoms with Gasteiger partial charge >= 0.3 is 0 Å². The number of allylic oxidation sites excluding steroid dienone is 1. The molecule has 5 nitrogen and oxygen atoms in total. The minimum atomic E-state index is 0.409. The summed E-state index contributed by atoms with van der Waals surface area (Å²) in [5.41, 5.74) is 7.82. The van der Waals surface area contributed by atoms with Crippen molar-refractivity contribution < 1.29 is 4.84 Å². The molecule has 0 unspecified atom stereocenters. The zero-order valence-electron chi connectivity index (χ0n) is 8.84. The first kappa shape index (κ1) is 10.4. The van der Waals surface area contributed by atoms with Crippen LogP contribution in [0.15, 0.2) is 24.3 Å². The fraction of sp³-hybridized carbons (Fsp3) is 0.0909. The Hall–Kier alpha value is -2.14. The Labute approximate surface area is 92.7 Å². The number of nitrogen functional groups attached to an aromatic ring is 1. The lowest BCUT2D eigenvalue weighted by molar-refractivity contribution is 0.335. The van der Waals surface area contributed by atoms with Crippen LogP contribution in [-0.4, -0.2) is 9.97 Å². The second-order valence-electron chi connectivity index (χ2n) is 3.26. The Morgan fingerprint density at radius 2 is 2.06 bits per heavy atom. The number of benzene rings is 1. The number of nitrogens with two attached hydrogens (primary N) is 2. The zero-order chi connectivity index (χ0) is 11.5. The van der Waals surface area contributed by atoms with Crippen LogP contribution in [0.1, 0.15) is 12.6 Å². The summed E-state index contributed by atoms with van der Waals surface area (Å²) in [5, 5.41) is 0. The molecular formula is C11H12N4O. The van der Waals surface area contributed by atoms with Crippen molar-refractivity contribution in [2.24, 2.45) is 5.90 Å². The van der Waals surface area contributed by atoms with Crippen LogP contribution in [0.25, 0.3) is 17.1 Å². The van der Waals surface area contributed by atoms with Crippen LogP contribution in [0, 0.1) is 0 Å². The molecule has 0 saturated heterocycles. The van der Waals surface area contributed by atoms with Gasteiger partial charge in [-0.15, -0.1) is 0 Å². The lowest BCUT2D eigenvalue weighted by Crippen LogP contribution is -2.02. The van der Waals surface area contributed by atoms with Crippen molar-refractivity contribution in [1.82, 2.24) is 9.97 Å². The van der Waals surface area contributed by atoms with E-state index in [4.69, 9.17) is 11.6 Å². The number of aromatic nitrogens is 2. The highest BCUT2D eigenvalue weighted by atomic mass is 16.6. The van der Waals surface area contributed by atoms with Crippen LogP contribution < -0.4 is 16.5 Å². The van der Waals surface area contributed by atoms with E-state index in [1.165, 1.54) is 0 Å². The average molecular weight is 216 g/mol. The molecule has 0 atom stereocenters. The van der Waals surface area contributed by atoms with Crippen molar-refractivity contribution >= 4 is 22.9 Å². The third kappa shape index (κ3) is 1.80. The highest BCUT2D eigenvalue weighted by Crippen LogP contribution is 2.20. The number of hydrogen-bond donors (Lipinski definition) is 2. The van der Waals surface area contributed by atoms with E-state index < -0.39 is 0 Å². The Morgan fingerprint density at radius 1 is 1.25 bits per heavy atom. The summed E-state index contributed by atoms with van der Waals surface area (Å²) in [7, 11) is 0. The fourth-order valence-electron chi connectivity index (χ4n) is 1.42. The normalized spacial score (nSPS) is 11.1. The molecule has 1 heterocycles. The van der Waals surface area contributed by atoms with E-state index in [9.17, 15) is 0 Å². The van der Waals surface area contributed by atoms with Crippen molar-refractivity contribution in [3.63, 3.8) is 0 Å². The highest BCUT2D eigenvalue weighted by molar-refractivity contribution is 5.79. The molecule has 0 bridgehead atoms. The van der Waals surface area contributed by atoms with Crippen molar-refractivity contribution in [3.8, 4) is 5.75 Å². The molecule has 2 rings (SSSR count). The van der Waals surface area contributed by atoms with E-state index in [0.717, 1.165) is 0 Å². The van der Waals surface area contributed by atoms with Gasteiger partial charge in [0.05, 0.1) is 11.0 Å². The second-order valence-corrected chi connectivity index (χ2v) is 3.26. The largest absolute Gasteiger partial charge is 0.411 e. The molecule has 0 aliphatic rings. The maximum Gasteiger partial charge on any atom is 0.150 e.